The SMILES string of the molecule is CC(=O)Nc1ccc(C(=O)COC(=O)c2ccccc2NS(=O)(=O)c2ccc(Cl)cc2)cc1. The van der Waals surface area contributed by atoms with Crippen molar-refractivity contribution in [3.8, 4) is 0 Å². The Kier molecular flexibility index (Phi) is 7.47. The van der Waals surface area contributed by atoms with Gasteiger partial charge in [-0.3, -0.25) is 14.3 Å². The van der Waals surface area contributed by atoms with Crippen LogP contribution in [0.5, 0.6) is 0 Å². The lowest BCUT2D eigenvalue weighted by Gasteiger charge is -2.12. The number of hydrogen-bond donors (Lipinski definition) is 2. The number of benzene rings is 3. The Bertz CT molecular complexity index is 1290. The van der Waals surface area contributed by atoms with Crippen LogP contribution >= 0.6 is 11.6 Å². The van der Waals surface area contributed by atoms with E-state index in [1.165, 1.54) is 55.5 Å². The van der Waals surface area contributed by atoms with E-state index in [1.54, 1.807) is 24.3 Å². The number of rotatable bonds is 8. The molecule has 8 nitrogen and oxygen atoms in total. The number of ketones is 1. The van der Waals surface area contributed by atoms with Crippen LogP contribution in [0.4, 0.5) is 11.4 Å². The fraction of sp³-hybridized carbons (Fsp3) is 0.0870. The summed E-state index contributed by atoms with van der Waals surface area (Å²) in [6.45, 7) is 0.822. The summed E-state index contributed by atoms with van der Waals surface area (Å²) in [4.78, 5) is 36.0. The largest absolute Gasteiger partial charge is 0.454 e. The molecule has 0 fully saturated rings. The van der Waals surface area contributed by atoms with Crippen molar-refractivity contribution in [2.45, 2.75) is 11.8 Å². The van der Waals surface area contributed by atoms with Gasteiger partial charge >= 0.3 is 5.97 Å². The first-order valence-electron chi connectivity index (χ1n) is 9.61. The maximum Gasteiger partial charge on any atom is 0.340 e. The zero-order valence-corrected chi connectivity index (χ0v) is 18.9. The van der Waals surface area contributed by atoms with Crippen molar-refractivity contribution in [3.05, 3.63) is 88.9 Å². The molecule has 0 unspecified atom stereocenters. The highest BCUT2D eigenvalue weighted by Gasteiger charge is 2.20. The summed E-state index contributed by atoms with van der Waals surface area (Å²) in [6.07, 6.45) is 0. The Balaban J connectivity index is 1.69. The van der Waals surface area contributed by atoms with Gasteiger partial charge in [0.2, 0.25) is 5.91 Å². The first-order chi connectivity index (χ1) is 15.7. The predicted octanol–water partition coefficient (Wildman–Crippen LogP) is 4.14. The summed E-state index contributed by atoms with van der Waals surface area (Å²) < 4.78 is 32.8. The van der Waals surface area contributed by atoms with Crippen LogP contribution in [-0.2, 0) is 19.6 Å². The van der Waals surface area contributed by atoms with Gasteiger partial charge in [0, 0.05) is 23.2 Å². The van der Waals surface area contributed by atoms with Gasteiger partial charge < -0.3 is 10.1 Å². The summed E-state index contributed by atoms with van der Waals surface area (Å²) in [5.41, 5.74) is 0.764. The van der Waals surface area contributed by atoms with E-state index in [1.807, 2.05) is 0 Å². The molecule has 0 spiro atoms. The smallest absolute Gasteiger partial charge is 0.340 e. The van der Waals surface area contributed by atoms with E-state index in [0.717, 1.165) is 0 Å². The molecule has 0 heterocycles. The van der Waals surface area contributed by atoms with Crippen molar-refractivity contribution < 1.29 is 27.5 Å². The van der Waals surface area contributed by atoms with Crippen LogP contribution in [0.2, 0.25) is 5.02 Å². The van der Waals surface area contributed by atoms with Gasteiger partial charge in [-0.05, 0) is 60.7 Å². The number of amides is 1. The molecule has 0 saturated heterocycles. The molecule has 0 aliphatic rings. The molecule has 0 aromatic heterocycles. The van der Waals surface area contributed by atoms with Gasteiger partial charge in [0.25, 0.3) is 10.0 Å². The molecule has 0 aliphatic heterocycles. The summed E-state index contributed by atoms with van der Waals surface area (Å²) >= 11 is 5.80. The minimum atomic E-state index is -3.99. The van der Waals surface area contributed by atoms with Crippen molar-refractivity contribution in [3.63, 3.8) is 0 Å². The number of hydrogen-bond acceptors (Lipinski definition) is 6. The number of carbonyl (C=O) groups is 3. The Morgan fingerprint density at radius 3 is 2.18 bits per heavy atom. The normalized spacial score (nSPS) is 10.8. The number of esters is 1. The molecule has 1 amide bonds. The van der Waals surface area contributed by atoms with Crippen LogP contribution < -0.4 is 10.0 Å². The lowest BCUT2D eigenvalue weighted by atomic mass is 10.1. The van der Waals surface area contributed by atoms with Crippen molar-refractivity contribution in [2.24, 2.45) is 0 Å². The molecular weight excluding hydrogens is 468 g/mol. The van der Waals surface area contributed by atoms with Crippen LogP contribution in [0.1, 0.15) is 27.6 Å². The number of anilines is 2. The van der Waals surface area contributed by atoms with Crippen molar-refractivity contribution in [2.75, 3.05) is 16.6 Å². The molecule has 0 radical (unpaired) electrons. The number of ether oxygens (including phenoxy) is 1. The van der Waals surface area contributed by atoms with Crippen LogP contribution in [0, 0.1) is 0 Å². The number of para-hydroxylation sites is 1. The predicted molar refractivity (Wildman–Crippen MR) is 124 cm³/mol. The van der Waals surface area contributed by atoms with Crippen LogP contribution in [-0.4, -0.2) is 32.7 Å². The first-order valence-corrected chi connectivity index (χ1v) is 11.5. The van der Waals surface area contributed by atoms with E-state index in [2.05, 4.69) is 10.0 Å². The number of halogens is 1. The molecule has 3 rings (SSSR count). The molecule has 0 atom stereocenters. The summed E-state index contributed by atoms with van der Waals surface area (Å²) in [7, 11) is -3.99. The van der Waals surface area contributed by atoms with Gasteiger partial charge in [-0.2, -0.15) is 0 Å². The molecular formula is C23H19ClN2O6S. The third kappa shape index (κ3) is 6.41. The molecule has 3 aromatic rings. The number of sulfonamides is 1. The van der Waals surface area contributed by atoms with E-state index in [0.29, 0.717) is 10.7 Å². The van der Waals surface area contributed by atoms with Gasteiger partial charge in [0.05, 0.1) is 16.1 Å². The third-order valence-corrected chi connectivity index (χ3v) is 6.01. The van der Waals surface area contributed by atoms with Crippen LogP contribution in [0.3, 0.4) is 0 Å². The lowest BCUT2D eigenvalue weighted by molar-refractivity contribution is -0.114. The second-order valence-electron chi connectivity index (χ2n) is 6.86. The molecule has 170 valence electrons. The van der Waals surface area contributed by atoms with Crippen LogP contribution in [0.15, 0.2) is 77.7 Å². The third-order valence-electron chi connectivity index (χ3n) is 4.38. The zero-order valence-electron chi connectivity index (χ0n) is 17.4. The monoisotopic (exact) mass is 486 g/mol. The van der Waals surface area contributed by atoms with Crippen LogP contribution in [0.25, 0.3) is 0 Å². The van der Waals surface area contributed by atoms with Gasteiger partial charge in [-0.25, -0.2) is 13.2 Å². The van der Waals surface area contributed by atoms with Crippen molar-refractivity contribution in [1.82, 2.24) is 0 Å². The first kappa shape index (κ1) is 24.0. The summed E-state index contributed by atoms with van der Waals surface area (Å²) in [6, 6.07) is 17.5. The standard InChI is InChI=1S/C23H19ClN2O6S/c1-15(27)25-18-10-6-16(7-11-18)22(28)14-32-23(29)20-4-2-3-5-21(20)26-33(30,31)19-12-8-17(24)9-13-19/h2-13,26H,14H2,1H3,(H,25,27). The average Bonchev–Trinajstić information content (AvgIpc) is 2.78. The Labute approximate surface area is 195 Å². The van der Waals surface area contributed by atoms with Gasteiger partial charge in [0.1, 0.15) is 0 Å². The van der Waals surface area contributed by atoms with Gasteiger partial charge in [-0.1, -0.05) is 23.7 Å². The Morgan fingerprint density at radius 2 is 1.55 bits per heavy atom. The second kappa shape index (κ2) is 10.3. The molecule has 0 bridgehead atoms. The van der Waals surface area contributed by atoms with Gasteiger partial charge in [-0.15, -0.1) is 0 Å². The fourth-order valence-electron chi connectivity index (χ4n) is 2.80. The van der Waals surface area contributed by atoms with E-state index in [4.69, 9.17) is 16.3 Å². The highest BCUT2D eigenvalue weighted by molar-refractivity contribution is 7.92. The zero-order chi connectivity index (χ0) is 24.0. The van der Waals surface area contributed by atoms with Gasteiger partial charge in [0.15, 0.2) is 12.4 Å². The number of Topliss-reactive ketones (excluding diaryl/α,β-unsaturated/α-hetero) is 1. The highest BCUT2D eigenvalue weighted by Crippen LogP contribution is 2.22. The van der Waals surface area contributed by atoms with E-state index < -0.39 is 28.4 Å². The maximum atomic E-state index is 12.6. The minimum absolute atomic E-state index is 0.00422. The number of nitrogens with one attached hydrogen (secondary N) is 2. The minimum Gasteiger partial charge on any atom is -0.454 e. The van der Waals surface area contributed by atoms with E-state index in [-0.39, 0.29) is 27.6 Å². The lowest BCUT2D eigenvalue weighted by Crippen LogP contribution is -2.18. The topological polar surface area (TPSA) is 119 Å². The highest BCUT2D eigenvalue weighted by atomic mass is 35.5. The molecule has 0 saturated carbocycles. The Hall–Kier alpha value is -3.69. The second-order valence-corrected chi connectivity index (χ2v) is 8.98. The number of carbonyl (C=O) groups excluding carboxylic acids is 3. The average molecular weight is 487 g/mol. The molecule has 3 aromatic carbocycles. The molecule has 2 N–H and O–H groups in total. The Morgan fingerprint density at radius 1 is 0.909 bits per heavy atom. The van der Waals surface area contributed by atoms with Crippen molar-refractivity contribution >= 4 is 50.7 Å². The quantitative estimate of drug-likeness (QED) is 0.365. The molecule has 10 heteroatoms. The summed E-state index contributed by atoms with van der Waals surface area (Å²) in [5.74, 6) is -1.57. The van der Waals surface area contributed by atoms with E-state index >= 15 is 0 Å². The van der Waals surface area contributed by atoms with Crippen molar-refractivity contribution in [1.29, 1.82) is 0 Å². The van der Waals surface area contributed by atoms with E-state index in [9.17, 15) is 22.8 Å². The molecule has 0 aliphatic carbocycles. The summed E-state index contributed by atoms with van der Waals surface area (Å²) in [5, 5.41) is 2.97. The maximum absolute atomic E-state index is 12.6. The fourth-order valence-corrected chi connectivity index (χ4v) is 4.01. The molecule has 33 heavy (non-hydrogen) atoms.